The molecular weight excluding hydrogens is 302 g/mol. The Hall–Kier alpha value is -2.36. The quantitative estimate of drug-likeness (QED) is 0.835. The molecule has 0 fully saturated rings. The molecule has 128 valence electrons. The van der Waals surface area contributed by atoms with Crippen LogP contribution in [0, 0.1) is 20.8 Å². The van der Waals surface area contributed by atoms with E-state index in [0.29, 0.717) is 5.57 Å². The molecule has 2 rings (SSSR count). The Balaban J connectivity index is 2.28. The SMILES string of the molecule is Cc1cc(C)c(/C=C2/C(=O)C=C[C@@H]2NC(=O)OC(C)(C)C)c(C)c1. The summed E-state index contributed by atoms with van der Waals surface area (Å²) >= 11 is 0. The van der Waals surface area contributed by atoms with Crippen LogP contribution in [0.25, 0.3) is 6.08 Å². The lowest BCUT2D eigenvalue weighted by molar-refractivity contribution is -0.111. The van der Waals surface area contributed by atoms with Gasteiger partial charge in [0, 0.05) is 5.57 Å². The first-order valence-corrected chi connectivity index (χ1v) is 8.08. The van der Waals surface area contributed by atoms with E-state index in [1.54, 1.807) is 26.8 Å². The predicted molar refractivity (Wildman–Crippen MR) is 95.9 cm³/mol. The van der Waals surface area contributed by atoms with E-state index in [2.05, 4.69) is 17.4 Å². The molecule has 0 aliphatic heterocycles. The number of hydrogen-bond donors (Lipinski definition) is 1. The number of allylic oxidation sites excluding steroid dienone is 1. The van der Waals surface area contributed by atoms with Crippen molar-refractivity contribution in [1.29, 1.82) is 0 Å². The third-order valence-electron chi connectivity index (χ3n) is 3.77. The van der Waals surface area contributed by atoms with Crippen molar-refractivity contribution in [2.45, 2.75) is 53.2 Å². The van der Waals surface area contributed by atoms with Gasteiger partial charge in [0.1, 0.15) is 5.60 Å². The maximum Gasteiger partial charge on any atom is 0.408 e. The van der Waals surface area contributed by atoms with Gasteiger partial charge in [0.2, 0.25) is 0 Å². The second-order valence-electron chi connectivity index (χ2n) is 7.26. The van der Waals surface area contributed by atoms with Crippen molar-refractivity contribution in [3.63, 3.8) is 0 Å². The molecule has 0 saturated carbocycles. The molecule has 0 radical (unpaired) electrons. The zero-order valence-corrected chi connectivity index (χ0v) is 15.2. The van der Waals surface area contributed by atoms with Crippen LogP contribution in [0.4, 0.5) is 4.79 Å². The minimum atomic E-state index is -0.579. The van der Waals surface area contributed by atoms with Gasteiger partial charge in [-0.2, -0.15) is 0 Å². The molecule has 0 bridgehead atoms. The first-order chi connectivity index (χ1) is 11.1. The van der Waals surface area contributed by atoms with Crippen LogP contribution in [-0.4, -0.2) is 23.5 Å². The zero-order chi connectivity index (χ0) is 18.1. The molecule has 1 atom stereocenters. The highest BCUT2D eigenvalue weighted by molar-refractivity contribution is 6.11. The fourth-order valence-corrected chi connectivity index (χ4v) is 2.83. The number of nitrogens with one attached hydrogen (secondary N) is 1. The van der Waals surface area contributed by atoms with Crippen LogP contribution in [0.15, 0.2) is 29.9 Å². The van der Waals surface area contributed by atoms with E-state index in [0.717, 1.165) is 16.7 Å². The summed E-state index contributed by atoms with van der Waals surface area (Å²) in [5, 5.41) is 2.75. The minimum Gasteiger partial charge on any atom is -0.444 e. The van der Waals surface area contributed by atoms with Gasteiger partial charge in [0.15, 0.2) is 5.78 Å². The second kappa shape index (κ2) is 6.63. The number of hydrogen-bond acceptors (Lipinski definition) is 3. The predicted octanol–water partition coefficient (Wildman–Crippen LogP) is 4.03. The number of ether oxygens (including phenoxy) is 1. The smallest absolute Gasteiger partial charge is 0.408 e. The Morgan fingerprint density at radius 1 is 1.17 bits per heavy atom. The van der Waals surface area contributed by atoms with E-state index in [4.69, 9.17) is 4.74 Å². The summed E-state index contributed by atoms with van der Waals surface area (Å²) in [6.45, 7) is 11.5. The molecule has 0 aromatic heterocycles. The van der Waals surface area contributed by atoms with E-state index < -0.39 is 17.7 Å². The topological polar surface area (TPSA) is 55.4 Å². The average Bonchev–Trinajstić information content (AvgIpc) is 2.72. The average molecular weight is 327 g/mol. The standard InChI is InChI=1S/C20H25NO3/c1-12-9-13(2)15(14(3)10-12)11-16-17(7-8-18(16)22)21-19(23)24-20(4,5)6/h7-11,17H,1-6H3,(H,21,23)/b16-11+/t17-/m0/s1. The Bertz CT molecular complexity index is 713. The molecule has 1 aromatic carbocycles. The van der Waals surface area contributed by atoms with Crippen LogP contribution in [0.2, 0.25) is 0 Å². The Labute approximate surface area is 143 Å². The third kappa shape index (κ3) is 4.34. The Morgan fingerprint density at radius 2 is 1.75 bits per heavy atom. The molecule has 24 heavy (non-hydrogen) atoms. The van der Waals surface area contributed by atoms with E-state index >= 15 is 0 Å². The fourth-order valence-electron chi connectivity index (χ4n) is 2.83. The van der Waals surface area contributed by atoms with Gasteiger partial charge in [-0.05, 0) is 70.4 Å². The van der Waals surface area contributed by atoms with Crippen molar-refractivity contribution in [3.8, 4) is 0 Å². The summed E-state index contributed by atoms with van der Waals surface area (Å²) in [4.78, 5) is 24.2. The highest BCUT2D eigenvalue weighted by atomic mass is 16.6. The van der Waals surface area contributed by atoms with Gasteiger partial charge >= 0.3 is 6.09 Å². The molecular formula is C20H25NO3. The van der Waals surface area contributed by atoms with E-state index in [1.807, 2.05) is 26.8 Å². The lowest BCUT2D eigenvalue weighted by Crippen LogP contribution is -2.38. The van der Waals surface area contributed by atoms with Crippen LogP contribution in [0.3, 0.4) is 0 Å². The van der Waals surface area contributed by atoms with Crippen LogP contribution >= 0.6 is 0 Å². The first-order valence-electron chi connectivity index (χ1n) is 8.08. The number of amides is 1. The normalized spacial score (nSPS) is 19.0. The van der Waals surface area contributed by atoms with E-state index in [-0.39, 0.29) is 5.78 Å². The molecule has 0 heterocycles. The van der Waals surface area contributed by atoms with Crippen LogP contribution < -0.4 is 5.32 Å². The molecule has 4 nitrogen and oxygen atoms in total. The van der Waals surface area contributed by atoms with Crippen molar-refractivity contribution in [2.75, 3.05) is 0 Å². The molecule has 0 spiro atoms. The maximum absolute atomic E-state index is 12.2. The van der Waals surface area contributed by atoms with Crippen molar-refractivity contribution in [1.82, 2.24) is 5.32 Å². The van der Waals surface area contributed by atoms with Gasteiger partial charge in [-0.25, -0.2) is 4.79 Å². The van der Waals surface area contributed by atoms with Crippen molar-refractivity contribution in [3.05, 3.63) is 52.1 Å². The minimum absolute atomic E-state index is 0.0876. The maximum atomic E-state index is 12.2. The number of rotatable bonds is 2. The van der Waals surface area contributed by atoms with Crippen LogP contribution in [0.1, 0.15) is 43.0 Å². The van der Waals surface area contributed by atoms with Gasteiger partial charge in [0.05, 0.1) is 6.04 Å². The second-order valence-corrected chi connectivity index (χ2v) is 7.26. The number of carbonyl (C=O) groups is 2. The summed E-state index contributed by atoms with van der Waals surface area (Å²) in [6.07, 6.45) is 4.52. The Morgan fingerprint density at radius 3 is 2.29 bits per heavy atom. The van der Waals surface area contributed by atoms with Crippen molar-refractivity contribution < 1.29 is 14.3 Å². The fraction of sp³-hybridized carbons (Fsp3) is 0.400. The summed E-state index contributed by atoms with van der Waals surface area (Å²) in [7, 11) is 0. The molecule has 1 aromatic rings. The highest BCUT2D eigenvalue weighted by Crippen LogP contribution is 2.24. The molecule has 0 saturated heterocycles. The van der Waals surface area contributed by atoms with Gasteiger partial charge in [-0.3, -0.25) is 4.79 Å². The lowest BCUT2D eigenvalue weighted by Gasteiger charge is -2.22. The van der Waals surface area contributed by atoms with E-state index in [9.17, 15) is 9.59 Å². The number of carbonyl (C=O) groups excluding carboxylic acids is 2. The van der Waals surface area contributed by atoms with Gasteiger partial charge in [0.25, 0.3) is 0 Å². The van der Waals surface area contributed by atoms with Crippen molar-refractivity contribution >= 4 is 18.0 Å². The molecule has 1 aliphatic carbocycles. The first kappa shape index (κ1) is 18.0. The molecule has 0 unspecified atom stereocenters. The van der Waals surface area contributed by atoms with E-state index in [1.165, 1.54) is 11.6 Å². The molecule has 1 amide bonds. The lowest BCUT2D eigenvalue weighted by atomic mass is 9.96. The number of benzene rings is 1. The van der Waals surface area contributed by atoms with Gasteiger partial charge < -0.3 is 10.1 Å². The number of ketones is 1. The third-order valence-corrected chi connectivity index (χ3v) is 3.77. The monoisotopic (exact) mass is 327 g/mol. The summed E-state index contributed by atoms with van der Waals surface area (Å²) in [5.41, 5.74) is 4.39. The summed E-state index contributed by atoms with van der Waals surface area (Å²) in [5.74, 6) is -0.0876. The molecule has 1 N–H and O–H groups in total. The van der Waals surface area contributed by atoms with Crippen LogP contribution in [-0.2, 0) is 9.53 Å². The Kier molecular flexibility index (Phi) is 4.97. The highest BCUT2D eigenvalue weighted by Gasteiger charge is 2.27. The largest absolute Gasteiger partial charge is 0.444 e. The van der Waals surface area contributed by atoms with Crippen molar-refractivity contribution in [2.24, 2.45) is 0 Å². The molecule has 1 aliphatic rings. The zero-order valence-electron chi connectivity index (χ0n) is 15.2. The van der Waals surface area contributed by atoms with Gasteiger partial charge in [-0.15, -0.1) is 0 Å². The van der Waals surface area contributed by atoms with Crippen LogP contribution in [0.5, 0.6) is 0 Å². The summed E-state index contributed by atoms with van der Waals surface area (Å²) < 4.78 is 5.27. The molecule has 4 heteroatoms. The summed E-state index contributed by atoms with van der Waals surface area (Å²) in [6, 6.07) is 3.71. The number of aryl methyl sites for hydroxylation is 3. The van der Waals surface area contributed by atoms with Gasteiger partial charge in [-0.1, -0.05) is 23.8 Å². The number of alkyl carbamates (subject to hydrolysis) is 1.